The molecule has 2 nitrogen and oxygen atoms in total. The number of Topliss-reactive ketones (excluding diaryl/α,β-unsaturated/α-hetero) is 1. The van der Waals surface area contributed by atoms with Gasteiger partial charge in [0.25, 0.3) is 0 Å². The summed E-state index contributed by atoms with van der Waals surface area (Å²) in [5, 5.41) is -0.924. The van der Waals surface area contributed by atoms with Crippen LogP contribution in [-0.4, -0.2) is 17.5 Å². The average Bonchev–Trinajstić information content (AvgIpc) is 2.14. The fraction of sp³-hybridized carbons (Fsp3) is 0.300. The minimum Gasteiger partial charge on any atom is -0.405 e. The zero-order chi connectivity index (χ0) is 13.2. The molecule has 1 aromatic rings. The standard InChI is InChI=1S/C10H7BrClF3O2/c1-5(12)9(16)7-3-2-6(11)4-8(7)17-10(13,14)15/h2-5H,1H3. The molecule has 1 rings (SSSR count). The minimum absolute atomic E-state index is 0.201. The van der Waals surface area contributed by atoms with Gasteiger partial charge in [0.05, 0.1) is 10.9 Å². The first-order valence-electron chi connectivity index (χ1n) is 4.44. The Labute approximate surface area is 109 Å². The van der Waals surface area contributed by atoms with Gasteiger partial charge in [-0.15, -0.1) is 24.8 Å². The highest BCUT2D eigenvalue weighted by molar-refractivity contribution is 9.10. The number of hydrogen-bond donors (Lipinski definition) is 0. The van der Waals surface area contributed by atoms with E-state index in [9.17, 15) is 18.0 Å². The Bertz CT molecular complexity index is 432. The molecule has 1 unspecified atom stereocenters. The number of carbonyl (C=O) groups is 1. The van der Waals surface area contributed by atoms with Crippen LogP contribution in [0.15, 0.2) is 22.7 Å². The summed E-state index contributed by atoms with van der Waals surface area (Å²) in [7, 11) is 0. The molecule has 0 aromatic heterocycles. The van der Waals surface area contributed by atoms with Crippen molar-refractivity contribution in [2.45, 2.75) is 18.7 Å². The lowest BCUT2D eigenvalue weighted by Crippen LogP contribution is -2.20. The third-order valence-corrected chi connectivity index (χ3v) is 2.49. The van der Waals surface area contributed by atoms with E-state index in [-0.39, 0.29) is 5.56 Å². The molecule has 0 fully saturated rings. The van der Waals surface area contributed by atoms with Gasteiger partial charge in [0.1, 0.15) is 5.75 Å². The second kappa shape index (κ2) is 5.27. The molecule has 7 heteroatoms. The van der Waals surface area contributed by atoms with E-state index in [4.69, 9.17) is 11.6 Å². The Morgan fingerprint density at radius 1 is 1.47 bits per heavy atom. The molecule has 0 spiro atoms. The van der Waals surface area contributed by atoms with E-state index >= 15 is 0 Å². The van der Waals surface area contributed by atoms with Crippen LogP contribution in [0.3, 0.4) is 0 Å². The summed E-state index contributed by atoms with van der Waals surface area (Å²) in [5.41, 5.74) is -0.201. The van der Waals surface area contributed by atoms with Crippen LogP contribution < -0.4 is 4.74 Å². The predicted molar refractivity (Wildman–Crippen MR) is 60.5 cm³/mol. The fourth-order valence-electron chi connectivity index (χ4n) is 1.12. The number of benzene rings is 1. The molecule has 0 saturated carbocycles. The predicted octanol–water partition coefficient (Wildman–Crippen LogP) is 4.16. The smallest absolute Gasteiger partial charge is 0.405 e. The van der Waals surface area contributed by atoms with Crippen molar-refractivity contribution in [3.05, 3.63) is 28.2 Å². The molecule has 0 aliphatic rings. The van der Waals surface area contributed by atoms with Crippen LogP contribution in [0.4, 0.5) is 13.2 Å². The van der Waals surface area contributed by atoms with Crippen LogP contribution in [0.5, 0.6) is 5.75 Å². The molecule has 17 heavy (non-hydrogen) atoms. The first-order valence-corrected chi connectivity index (χ1v) is 5.67. The van der Waals surface area contributed by atoms with E-state index in [1.165, 1.54) is 19.1 Å². The Hall–Kier alpha value is -0.750. The van der Waals surface area contributed by atoms with Gasteiger partial charge < -0.3 is 4.74 Å². The van der Waals surface area contributed by atoms with Gasteiger partial charge in [0.2, 0.25) is 0 Å². The van der Waals surface area contributed by atoms with Crippen molar-refractivity contribution >= 4 is 33.3 Å². The molecule has 0 N–H and O–H groups in total. The van der Waals surface area contributed by atoms with Crippen LogP contribution in [0.25, 0.3) is 0 Å². The Morgan fingerprint density at radius 3 is 2.53 bits per heavy atom. The molecule has 0 heterocycles. The van der Waals surface area contributed by atoms with Crippen molar-refractivity contribution in [2.75, 3.05) is 0 Å². The van der Waals surface area contributed by atoms with Gasteiger partial charge in [-0.25, -0.2) is 0 Å². The number of ketones is 1. The molecule has 94 valence electrons. The largest absolute Gasteiger partial charge is 0.573 e. The Balaban J connectivity index is 3.17. The number of alkyl halides is 4. The molecule has 0 aliphatic heterocycles. The van der Waals surface area contributed by atoms with Gasteiger partial charge in [-0.3, -0.25) is 4.79 Å². The minimum atomic E-state index is -4.86. The summed E-state index contributed by atoms with van der Waals surface area (Å²) in [5.74, 6) is -1.19. The number of carbonyl (C=O) groups excluding carboxylic acids is 1. The molecule has 1 atom stereocenters. The van der Waals surface area contributed by atoms with Crippen molar-refractivity contribution in [1.82, 2.24) is 0 Å². The number of hydrogen-bond acceptors (Lipinski definition) is 2. The molecular weight excluding hydrogens is 324 g/mol. The summed E-state index contributed by atoms with van der Waals surface area (Å²) in [6.45, 7) is 1.38. The first-order chi connectivity index (χ1) is 7.70. The van der Waals surface area contributed by atoms with Gasteiger partial charge in [-0.05, 0) is 25.1 Å². The van der Waals surface area contributed by atoms with E-state index in [2.05, 4.69) is 20.7 Å². The van der Waals surface area contributed by atoms with Crippen molar-refractivity contribution in [3.8, 4) is 5.75 Å². The first kappa shape index (κ1) is 14.3. The monoisotopic (exact) mass is 330 g/mol. The highest BCUT2D eigenvalue weighted by atomic mass is 79.9. The maximum absolute atomic E-state index is 12.1. The summed E-state index contributed by atoms with van der Waals surface area (Å²) in [4.78, 5) is 11.6. The maximum atomic E-state index is 12.1. The van der Waals surface area contributed by atoms with E-state index < -0.39 is 23.3 Å². The number of ether oxygens (including phenoxy) is 1. The Morgan fingerprint density at radius 2 is 2.06 bits per heavy atom. The van der Waals surface area contributed by atoms with Crippen molar-refractivity contribution in [2.24, 2.45) is 0 Å². The van der Waals surface area contributed by atoms with Gasteiger partial charge in [-0.2, -0.15) is 0 Å². The van der Waals surface area contributed by atoms with Crippen LogP contribution in [0.2, 0.25) is 0 Å². The lowest BCUT2D eigenvalue weighted by molar-refractivity contribution is -0.274. The third kappa shape index (κ3) is 4.20. The maximum Gasteiger partial charge on any atom is 0.573 e. The van der Waals surface area contributed by atoms with Gasteiger partial charge >= 0.3 is 6.36 Å². The van der Waals surface area contributed by atoms with Gasteiger partial charge in [0.15, 0.2) is 5.78 Å². The van der Waals surface area contributed by atoms with Crippen molar-refractivity contribution < 1.29 is 22.7 Å². The molecule has 0 saturated heterocycles. The molecule has 0 aliphatic carbocycles. The molecule has 0 radical (unpaired) electrons. The van der Waals surface area contributed by atoms with Crippen LogP contribution in [0.1, 0.15) is 17.3 Å². The highest BCUT2D eigenvalue weighted by Gasteiger charge is 2.33. The second-order valence-electron chi connectivity index (χ2n) is 3.17. The molecule has 0 amide bonds. The van der Waals surface area contributed by atoms with E-state index in [1.807, 2.05) is 0 Å². The summed E-state index contributed by atoms with van der Waals surface area (Å²) in [6.07, 6.45) is -4.86. The van der Waals surface area contributed by atoms with Crippen LogP contribution >= 0.6 is 27.5 Å². The number of rotatable bonds is 3. The summed E-state index contributed by atoms with van der Waals surface area (Å²) >= 11 is 8.55. The van der Waals surface area contributed by atoms with Gasteiger partial charge in [-0.1, -0.05) is 15.9 Å². The average molecular weight is 332 g/mol. The lowest BCUT2D eigenvalue weighted by Gasteiger charge is -2.13. The van der Waals surface area contributed by atoms with Gasteiger partial charge in [0, 0.05) is 4.47 Å². The van der Waals surface area contributed by atoms with E-state index in [0.29, 0.717) is 4.47 Å². The fourth-order valence-corrected chi connectivity index (χ4v) is 1.58. The lowest BCUT2D eigenvalue weighted by atomic mass is 10.1. The topological polar surface area (TPSA) is 26.3 Å². The zero-order valence-electron chi connectivity index (χ0n) is 8.52. The van der Waals surface area contributed by atoms with Crippen molar-refractivity contribution in [1.29, 1.82) is 0 Å². The van der Waals surface area contributed by atoms with Crippen LogP contribution in [0, 0.1) is 0 Å². The van der Waals surface area contributed by atoms with E-state index in [1.54, 1.807) is 0 Å². The molecule has 1 aromatic carbocycles. The quantitative estimate of drug-likeness (QED) is 0.614. The number of halogens is 5. The van der Waals surface area contributed by atoms with E-state index in [0.717, 1.165) is 6.07 Å². The summed E-state index contributed by atoms with van der Waals surface area (Å²) in [6, 6.07) is 3.74. The van der Waals surface area contributed by atoms with Crippen LogP contribution in [-0.2, 0) is 0 Å². The zero-order valence-corrected chi connectivity index (χ0v) is 10.9. The summed E-state index contributed by atoms with van der Waals surface area (Å²) < 4.78 is 40.6. The SMILES string of the molecule is CC(Cl)C(=O)c1ccc(Br)cc1OC(F)(F)F. The second-order valence-corrected chi connectivity index (χ2v) is 4.74. The molecule has 0 bridgehead atoms. The molecular formula is C10H7BrClF3O2. The third-order valence-electron chi connectivity index (χ3n) is 1.80. The van der Waals surface area contributed by atoms with Crippen molar-refractivity contribution in [3.63, 3.8) is 0 Å². The highest BCUT2D eigenvalue weighted by Crippen LogP contribution is 2.30. The normalized spacial score (nSPS) is 13.3. The Kier molecular flexibility index (Phi) is 4.43.